The number of aromatic nitrogens is 1. The number of methoxy groups -OCH3 is 2. The number of ether oxygens (including phenoxy) is 2. The van der Waals surface area contributed by atoms with E-state index >= 15 is 0 Å². The first-order valence-electron chi connectivity index (χ1n) is 10.4. The predicted octanol–water partition coefficient (Wildman–Crippen LogP) is 4.46. The molecule has 9 heteroatoms. The van der Waals surface area contributed by atoms with Crippen LogP contribution in [0, 0.1) is 12.8 Å². The molecule has 2 aromatic carbocycles. The zero-order chi connectivity index (χ0) is 23.5. The first-order valence-corrected chi connectivity index (χ1v) is 11.7. The van der Waals surface area contributed by atoms with Crippen LogP contribution in [0.15, 0.2) is 41.8 Å². The minimum Gasteiger partial charge on any atom is -0.495 e. The van der Waals surface area contributed by atoms with Crippen molar-refractivity contribution in [2.24, 2.45) is 5.92 Å². The summed E-state index contributed by atoms with van der Waals surface area (Å²) >= 11 is 7.87. The summed E-state index contributed by atoms with van der Waals surface area (Å²) in [7, 11) is 3.02. The number of rotatable bonds is 7. The van der Waals surface area contributed by atoms with Gasteiger partial charge < -0.3 is 19.7 Å². The largest absolute Gasteiger partial charge is 0.495 e. The van der Waals surface area contributed by atoms with Crippen LogP contribution < -0.4 is 19.7 Å². The van der Waals surface area contributed by atoms with Gasteiger partial charge in [0.05, 0.1) is 41.5 Å². The second-order valence-electron chi connectivity index (χ2n) is 7.73. The molecule has 3 aromatic rings. The summed E-state index contributed by atoms with van der Waals surface area (Å²) in [4.78, 5) is 31.5. The summed E-state index contributed by atoms with van der Waals surface area (Å²) in [6, 6.07) is 11.2. The number of hydrogen-bond donors (Lipinski definition) is 1. The molecule has 0 spiro atoms. The molecule has 1 atom stereocenters. The molecular weight excluding hydrogens is 462 g/mol. The zero-order valence-electron chi connectivity index (χ0n) is 18.6. The van der Waals surface area contributed by atoms with Crippen molar-refractivity contribution in [3.05, 3.63) is 57.4 Å². The molecule has 2 amide bonds. The lowest BCUT2D eigenvalue weighted by Crippen LogP contribution is -2.32. The van der Waals surface area contributed by atoms with Crippen LogP contribution in [-0.4, -0.2) is 37.6 Å². The van der Waals surface area contributed by atoms with Gasteiger partial charge in [-0.05, 0) is 18.6 Å². The van der Waals surface area contributed by atoms with Gasteiger partial charge >= 0.3 is 0 Å². The Balaban J connectivity index is 1.39. The smallest absolute Gasteiger partial charge is 0.227 e. The van der Waals surface area contributed by atoms with Crippen molar-refractivity contribution in [3.8, 4) is 22.8 Å². The molecule has 1 aliphatic rings. The molecule has 1 fully saturated rings. The summed E-state index contributed by atoms with van der Waals surface area (Å²) in [6.07, 6.45) is 0.126. The number of benzene rings is 2. The van der Waals surface area contributed by atoms with E-state index in [1.165, 1.54) is 14.2 Å². The highest BCUT2D eigenvalue weighted by atomic mass is 35.5. The summed E-state index contributed by atoms with van der Waals surface area (Å²) < 4.78 is 10.6. The highest BCUT2D eigenvalue weighted by molar-refractivity contribution is 7.09. The second-order valence-corrected chi connectivity index (χ2v) is 9.20. The van der Waals surface area contributed by atoms with Crippen LogP contribution in [0.1, 0.15) is 17.0 Å². The van der Waals surface area contributed by atoms with Gasteiger partial charge in [-0.1, -0.05) is 35.9 Å². The lowest BCUT2D eigenvalue weighted by molar-refractivity contribution is -0.126. The van der Waals surface area contributed by atoms with Crippen LogP contribution in [0.2, 0.25) is 5.02 Å². The number of amides is 2. The summed E-state index contributed by atoms with van der Waals surface area (Å²) in [5.41, 5.74) is 3.49. The molecule has 0 saturated carbocycles. The third-order valence-corrected chi connectivity index (χ3v) is 6.64. The Morgan fingerprint density at radius 2 is 1.94 bits per heavy atom. The highest BCUT2D eigenvalue weighted by Crippen LogP contribution is 2.40. The number of aryl methyl sites for hydroxylation is 1. The van der Waals surface area contributed by atoms with Crippen LogP contribution in [0.3, 0.4) is 0 Å². The van der Waals surface area contributed by atoms with Gasteiger partial charge in [0.2, 0.25) is 11.8 Å². The van der Waals surface area contributed by atoms with Gasteiger partial charge in [-0.3, -0.25) is 9.59 Å². The van der Waals surface area contributed by atoms with Crippen molar-refractivity contribution in [2.45, 2.75) is 19.9 Å². The topological polar surface area (TPSA) is 80.8 Å². The molecule has 1 N–H and O–H groups in total. The molecule has 1 unspecified atom stereocenters. The third-order valence-electron chi connectivity index (χ3n) is 5.58. The molecule has 1 aliphatic heterocycles. The van der Waals surface area contributed by atoms with Crippen molar-refractivity contribution < 1.29 is 19.1 Å². The molecule has 1 aromatic heterocycles. The van der Waals surface area contributed by atoms with E-state index in [-0.39, 0.29) is 24.8 Å². The van der Waals surface area contributed by atoms with Gasteiger partial charge in [-0.15, -0.1) is 11.3 Å². The summed E-state index contributed by atoms with van der Waals surface area (Å²) in [6.45, 7) is 2.62. The number of halogens is 1. The third kappa shape index (κ3) is 4.96. The van der Waals surface area contributed by atoms with Gasteiger partial charge in [0, 0.05) is 36.5 Å². The molecule has 7 nitrogen and oxygen atoms in total. The SMILES string of the molecule is COc1cc(OC)c(N2CC(C(=O)NCc3ccc(-c4csc(C)n4)cc3)CC2=O)cc1Cl. The van der Waals surface area contributed by atoms with Crippen LogP contribution in [0.4, 0.5) is 5.69 Å². The van der Waals surface area contributed by atoms with Crippen LogP contribution >= 0.6 is 22.9 Å². The number of nitrogens with one attached hydrogen (secondary N) is 1. The van der Waals surface area contributed by atoms with Crippen molar-refractivity contribution >= 4 is 40.4 Å². The number of carbonyl (C=O) groups is 2. The molecular formula is C24H24ClN3O4S. The Hall–Kier alpha value is -3.10. The summed E-state index contributed by atoms with van der Waals surface area (Å²) in [5.74, 6) is 0.136. The van der Waals surface area contributed by atoms with E-state index in [0.29, 0.717) is 28.8 Å². The first kappa shape index (κ1) is 23.1. The molecule has 1 saturated heterocycles. The number of anilines is 1. The second kappa shape index (κ2) is 9.80. The fourth-order valence-electron chi connectivity index (χ4n) is 3.79. The van der Waals surface area contributed by atoms with E-state index in [1.54, 1.807) is 28.4 Å². The number of hydrogen-bond acceptors (Lipinski definition) is 6. The van der Waals surface area contributed by atoms with Crippen molar-refractivity contribution in [1.29, 1.82) is 0 Å². The van der Waals surface area contributed by atoms with Crippen molar-refractivity contribution in [3.63, 3.8) is 0 Å². The monoisotopic (exact) mass is 485 g/mol. The molecule has 0 radical (unpaired) electrons. The average Bonchev–Trinajstić information content (AvgIpc) is 3.43. The standard InChI is InChI=1S/C24H24ClN3O4S/c1-14-27-19(13-33-14)16-6-4-15(5-7-16)11-26-24(30)17-8-23(29)28(12-17)20-9-18(25)21(31-2)10-22(20)32-3/h4-7,9-10,13,17H,8,11-12H2,1-3H3,(H,26,30). The Morgan fingerprint density at radius 3 is 2.58 bits per heavy atom. The maximum Gasteiger partial charge on any atom is 0.227 e. The summed E-state index contributed by atoms with van der Waals surface area (Å²) in [5, 5.41) is 6.36. The van der Waals surface area contributed by atoms with Gasteiger partial charge in [-0.25, -0.2) is 4.98 Å². The molecule has 33 heavy (non-hydrogen) atoms. The Bertz CT molecular complexity index is 1180. The first-order chi connectivity index (χ1) is 15.9. The normalized spacial score (nSPS) is 15.6. The minimum atomic E-state index is -0.458. The molecule has 172 valence electrons. The van der Waals surface area contributed by atoms with Crippen LogP contribution in [0.25, 0.3) is 11.3 Å². The van der Waals surface area contributed by atoms with Gasteiger partial charge in [0.15, 0.2) is 0 Å². The molecule has 0 aliphatic carbocycles. The number of carbonyl (C=O) groups excluding carboxylic acids is 2. The number of thiazole rings is 1. The van der Waals surface area contributed by atoms with Gasteiger partial charge in [-0.2, -0.15) is 0 Å². The predicted molar refractivity (Wildman–Crippen MR) is 129 cm³/mol. The maximum absolute atomic E-state index is 12.8. The zero-order valence-corrected chi connectivity index (χ0v) is 20.1. The quantitative estimate of drug-likeness (QED) is 0.534. The maximum atomic E-state index is 12.8. The molecule has 0 bridgehead atoms. The lowest BCUT2D eigenvalue weighted by atomic mass is 10.1. The van der Waals surface area contributed by atoms with E-state index in [9.17, 15) is 9.59 Å². The van der Waals surface area contributed by atoms with E-state index < -0.39 is 5.92 Å². The fraction of sp³-hybridized carbons (Fsp3) is 0.292. The molecule has 4 rings (SSSR count). The highest BCUT2D eigenvalue weighted by Gasteiger charge is 2.36. The van der Waals surface area contributed by atoms with E-state index in [2.05, 4.69) is 10.3 Å². The Morgan fingerprint density at radius 1 is 1.21 bits per heavy atom. The lowest BCUT2D eigenvalue weighted by Gasteiger charge is -2.21. The van der Waals surface area contributed by atoms with Crippen molar-refractivity contribution in [2.75, 3.05) is 25.7 Å². The Kier molecular flexibility index (Phi) is 6.85. The van der Waals surface area contributed by atoms with Gasteiger partial charge in [0.25, 0.3) is 0 Å². The fourth-order valence-corrected chi connectivity index (χ4v) is 4.65. The minimum absolute atomic E-state index is 0.126. The van der Waals surface area contributed by atoms with Crippen LogP contribution in [-0.2, 0) is 16.1 Å². The average molecular weight is 486 g/mol. The van der Waals surface area contributed by atoms with E-state index in [0.717, 1.165) is 21.8 Å². The van der Waals surface area contributed by atoms with Crippen molar-refractivity contribution in [1.82, 2.24) is 10.3 Å². The van der Waals surface area contributed by atoms with E-state index in [1.807, 2.05) is 36.6 Å². The van der Waals surface area contributed by atoms with E-state index in [4.69, 9.17) is 21.1 Å². The van der Waals surface area contributed by atoms with Crippen LogP contribution in [0.5, 0.6) is 11.5 Å². The Labute approximate surface area is 201 Å². The molecule has 2 heterocycles. The number of nitrogens with zero attached hydrogens (tertiary/aromatic N) is 2. The van der Waals surface area contributed by atoms with Gasteiger partial charge in [0.1, 0.15) is 11.5 Å².